The Labute approximate surface area is 112 Å². The fourth-order valence-corrected chi connectivity index (χ4v) is 2.31. The first-order valence-electron chi connectivity index (χ1n) is 6.37. The number of hydrogen-bond acceptors (Lipinski definition) is 3. The molecule has 0 unspecified atom stereocenters. The minimum Gasteiger partial charge on any atom is -0.475 e. The third-order valence-corrected chi connectivity index (χ3v) is 2.91. The maximum absolute atomic E-state index is 11.2. The summed E-state index contributed by atoms with van der Waals surface area (Å²) >= 11 is 0. The van der Waals surface area contributed by atoms with Crippen LogP contribution in [0.15, 0.2) is 24.4 Å². The second-order valence-electron chi connectivity index (χ2n) is 5.23. The molecule has 19 heavy (non-hydrogen) atoms. The minimum absolute atomic E-state index is 0.0727. The van der Waals surface area contributed by atoms with Gasteiger partial charge in [-0.2, -0.15) is 0 Å². The molecule has 0 radical (unpaired) electrons. The number of aromatic nitrogens is 2. The third kappa shape index (κ3) is 2.93. The molecule has 5 heteroatoms. The highest BCUT2D eigenvalue weighted by Crippen LogP contribution is 2.15. The normalized spacial score (nSPS) is 11.6. The molecular weight excluding hydrogens is 242 g/mol. The summed E-state index contributed by atoms with van der Waals surface area (Å²) in [4.78, 5) is 17.6. The summed E-state index contributed by atoms with van der Waals surface area (Å²) in [5.74, 6) is -0.361. The van der Waals surface area contributed by atoms with Gasteiger partial charge in [-0.1, -0.05) is 19.9 Å². The predicted molar refractivity (Wildman–Crippen MR) is 73.3 cm³/mol. The largest absolute Gasteiger partial charge is 0.475 e. The maximum atomic E-state index is 11.2. The maximum Gasteiger partial charge on any atom is 0.372 e. The Morgan fingerprint density at radius 3 is 2.84 bits per heavy atom. The van der Waals surface area contributed by atoms with Crippen molar-refractivity contribution in [2.45, 2.75) is 20.4 Å². The van der Waals surface area contributed by atoms with Crippen LogP contribution in [0.4, 0.5) is 0 Å². The molecule has 102 valence electrons. The molecular formula is C14H19N3O2. The average molecular weight is 261 g/mol. The van der Waals surface area contributed by atoms with Crippen LogP contribution in [0.3, 0.4) is 0 Å². The second kappa shape index (κ2) is 5.40. The molecule has 0 aliphatic carbocycles. The lowest BCUT2D eigenvalue weighted by atomic mass is 10.2. The first-order valence-corrected chi connectivity index (χ1v) is 6.37. The number of carboxylic acid groups (broad SMARTS) is 1. The summed E-state index contributed by atoms with van der Waals surface area (Å²) in [7, 11) is 2.02. The smallest absolute Gasteiger partial charge is 0.372 e. The van der Waals surface area contributed by atoms with E-state index in [1.54, 1.807) is 10.6 Å². The summed E-state index contributed by atoms with van der Waals surface area (Å²) in [6, 6.07) is 5.61. The monoisotopic (exact) mass is 261 g/mol. The van der Waals surface area contributed by atoms with Crippen molar-refractivity contribution in [3.63, 3.8) is 0 Å². The van der Waals surface area contributed by atoms with E-state index in [-0.39, 0.29) is 5.82 Å². The van der Waals surface area contributed by atoms with Gasteiger partial charge in [0.1, 0.15) is 0 Å². The molecule has 0 saturated heterocycles. The van der Waals surface area contributed by atoms with Crippen molar-refractivity contribution < 1.29 is 9.90 Å². The van der Waals surface area contributed by atoms with Gasteiger partial charge in [0.25, 0.3) is 0 Å². The first kappa shape index (κ1) is 13.5. The van der Waals surface area contributed by atoms with Crippen molar-refractivity contribution in [2.24, 2.45) is 5.92 Å². The van der Waals surface area contributed by atoms with Gasteiger partial charge in [-0.05, 0) is 25.1 Å². The lowest BCUT2D eigenvalue weighted by Gasteiger charge is -2.17. The van der Waals surface area contributed by atoms with Crippen LogP contribution in [-0.4, -0.2) is 39.0 Å². The summed E-state index contributed by atoms with van der Waals surface area (Å²) < 4.78 is 1.63. The zero-order valence-electron chi connectivity index (χ0n) is 11.5. The molecule has 2 aromatic heterocycles. The van der Waals surface area contributed by atoms with Crippen molar-refractivity contribution in [1.82, 2.24) is 14.3 Å². The van der Waals surface area contributed by atoms with Crippen molar-refractivity contribution in [3.8, 4) is 0 Å². The molecule has 5 nitrogen and oxygen atoms in total. The van der Waals surface area contributed by atoms with Crippen LogP contribution in [0.5, 0.6) is 0 Å². The van der Waals surface area contributed by atoms with Gasteiger partial charge in [-0.3, -0.25) is 4.40 Å². The van der Waals surface area contributed by atoms with E-state index in [2.05, 4.69) is 23.7 Å². The van der Waals surface area contributed by atoms with Gasteiger partial charge in [0, 0.05) is 19.3 Å². The SMILES string of the molecule is CC(C)CN(C)Cc1nc(C(=O)O)n2ccccc12. The Bertz CT molecular complexity index is 589. The molecule has 0 aliphatic rings. The highest BCUT2D eigenvalue weighted by atomic mass is 16.4. The average Bonchev–Trinajstić information content (AvgIpc) is 2.67. The number of carboxylic acids is 1. The van der Waals surface area contributed by atoms with Crippen molar-refractivity contribution in [3.05, 3.63) is 35.9 Å². The Hall–Kier alpha value is -1.88. The predicted octanol–water partition coefficient (Wildman–Crippen LogP) is 2.12. The number of fused-ring (bicyclic) bond motifs is 1. The Kier molecular flexibility index (Phi) is 3.85. The zero-order chi connectivity index (χ0) is 14.0. The van der Waals surface area contributed by atoms with Crippen LogP contribution < -0.4 is 0 Å². The molecule has 0 atom stereocenters. The molecule has 0 spiro atoms. The van der Waals surface area contributed by atoms with Gasteiger partial charge in [-0.15, -0.1) is 0 Å². The number of imidazole rings is 1. The Morgan fingerprint density at radius 1 is 1.47 bits per heavy atom. The third-order valence-electron chi connectivity index (χ3n) is 2.91. The van der Waals surface area contributed by atoms with Crippen LogP contribution in [0.1, 0.15) is 30.2 Å². The second-order valence-corrected chi connectivity index (χ2v) is 5.23. The van der Waals surface area contributed by atoms with Gasteiger partial charge < -0.3 is 10.0 Å². The van der Waals surface area contributed by atoms with E-state index in [1.807, 2.05) is 25.2 Å². The molecule has 2 heterocycles. The van der Waals surface area contributed by atoms with Gasteiger partial charge in [-0.25, -0.2) is 9.78 Å². The Morgan fingerprint density at radius 2 is 2.21 bits per heavy atom. The highest BCUT2D eigenvalue weighted by molar-refractivity contribution is 5.85. The zero-order valence-corrected chi connectivity index (χ0v) is 11.5. The molecule has 2 rings (SSSR count). The Balaban J connectivity index is 2.35. The molecule has 1 N–H and O–H groups in total. The van der Waals surface area contributed by atoms with Crippen LogP contribution in [0.25, 0.3) is 5.52 Å². The standard InChI is InChI=1S/C14H19N3O2/c1-10(2)8-16(3)9-11-12-6-4-5-7-17(12)13(15-11)14(18)19/h4-7,10H,8-9H2,1-3H3,(H,18,19). The molecule has 0 saturated carbocycles. The van der Waals surface area contributed by atoms with E-state index in [1.165, 1.54) is 0 Å². The summed E-state index contributed by atoms with van der Waals surface area (Å²) in [6.45, 7) is 5.92. The molecule has 0 aliphatic heterocycles. The van der Waals surface area contributed by atoms with E-state index >= 15 is 0 Å². The topological polar surface area (TPSA) is 57.8 Å². The van der Waals surface area contributed by atoms with Crippen molar-refractivity contribution >= 4 is 11.5 Å². The van der Waals surface area contributed by atoms with E-state index < -0.39 is 5.97 Å². The van der Waals surface area contributed by atoms with Crippen molar-refractivity contribution in [2.75, 3.05) is 13.6 Å². The molecule has 0 aromatic carbocycles. The van der Waals surface area contributed by atoms with Crippen LogP contribution in [-0.2, 0) is 6.54 Å². The van der Waals surface area contributed by atoms with Crippen LogP contribution >= 0.6 is 0 Å². The molecule has 2 aromatic rings. The van der Waals surface area contributed by atoms with E-state index in [4.69, 9.17) is 0 Å². The summed E-state index contributed by atoms with van der Waals surface area (Å²) in [6.07, 6.45) is 1.73. The number of hydrogen-bond donors (Lipinski definition) is 1. The quantitative estimate of drug-likeness (QED) is 0.895. The number of pyridine rings is 1. The van der Waals surface area contributed by atoms with Gasteiger partial charge in [0.15, 0.2) is 0 Å². The van der Waals surface area contributed by atoms with Crippen LogP contribution in [0, 0.1) is 5.92 Å². The lowest BCUT2D eigenvalue weighted by Crippen LogP contribution is -2.23. The number of carbonyl (C=O) groups is 1. The van der Waals surface area contributed by atoms with E-state index in [0.717, 1.165) is 17.8 Å². The minimum atomic E-state index is -1.00. The highest BCUT2D eigenvalue weighted by Gasteiger charge is 2.17. The van der Waals surface area contributed by atoms with Gasteiger partial charge in [0.05, 0.1) is 11.2 Å². The van der Waals surface area contributed by atoms with Crippen LogP contribution in [0.2, 0.25) is 0 Å². The molecule has 0 fully saturated rings. The molecule has 0 bridgehead atoms. The van der Waals surface area contributed by atoms with Gasteiger partial charge in [0.2, 0.25) is 5.82 Å². The number of rotatable bonds is 5. The fraction of sp³-hybridized carbons (Fsp3) is 0.429. The van der Waals surface area contributed by atoms with Crippen molar-refractivity contribution in [1.29, 1.82) is 0 Å². The van der Waals surface area contributed by atoms with E-state index in [0.29, 0.717) is 12.5 Å². The lowest BCUT2D eigenvalue weighted by molar-refractivity contribution is 0.0682. The summed E-state index contributed by atoms with van der Waals surface area (Å²) in [5.41, 5.74) is 1.66. The first-order chi connectivity index (χ1) is 8.99. The number of nitrogens with zero attached hydrogens (tertiary/aromatic N) is 3. The van der Waals surface area contributed by atoms with Gasteiger partial charge >= 0.3 is 5.97 Å². The molecule has 0 amide bonds. The fourth-order valence-electron chi connectivity index (χ4n) is 2.31. The number of aromatic carboxylic acids is 1. The summed E-state index contributed by atoms with van der Waals surface area (Å²) in [5, 5.41) is 9.18. The van der Waals surface area contributed by atoms with E-state index in [9.17, 15) is 9.90 Å².